The van der Waals surface area contributed by atoms with Crippen LogP contribution >= 0.6 is 0 Å². The van der Waals surface area contributed by atoms with E-state index < -0.39 is 39.3 Å². The number of halogens is 3. The van der Waals surface area contributed by atoms with E-state index >= 15 is 0 Å². The zero-order valence-electron chi connectivity index (χ0n) is 9.67. The molecule has 1 rings (SSSR count). The molecule has 0 aliphatic carbocycles. The predicted octanol–water partition coefficient (Wildman–Crippen LogP) is 2.94. The van der Waals surface area contributed by atoms with Crippen molar-refractivity contribution in [1.29, 1.82) is 0 Å². The van der Waals surface area contributed by atoms with Gasteiger partial charge in [0.15, 0.2) is 0 Å². The van der Waals surface area contributed by atoms with Crippen LogP contribution in [0.5, 0.6) is 0 Å². The molecule has 18 heavy (non-hydrogen) atoms. The third-order valence-electron chi connectivity index (χ3n) is 2.07. The molecule has 1 aromatic carbocycles. The van der Waals surface area contributed by atoms with Gasteiger partial charge in [-0.05, 0) is 0 Å². The van der Waals surface area contributed by atoms with Crippen molar-refractivity contribution in [2.24, 2.45) is 0 Å². The van der Waals surface area contributed by atoms with Gasteiger partial charge >= 0.3 is 114 Å². The van der Waals surface area contributed by atoms with Gasteiger partial charge in [0.25, 0.3) is 0 Å². The molecule has 0 spiro atoms. The first-order chi connectivity index (χ1) is 8.30. The van der Waals surface area contributed by atoms with Crippen molar-refractivity contribution in [3.63, 3.8) is 0 Å². The minimum atomic E-state index is -4.31. The molecule has 1 aromatic rings. The third kappa shape index (κ3) is 4.72. The molecule has 0 atom stereocenters. The number of rotatable bonds is 4. The Labute approximate surface area is 114 Å². The Hall–Kier alpha value is -0.981. The topological polar surface area (TPSA) is 26.3 Å². The van der Waals surface area contributed by atoms with E-state index in [1.54, 1.807) is 6.92 Å². The summed E-state index contributed by atoms with van der Waals surface area (Å²) in [5, 5.41) is 0. The summed E-state index contributed by atoms with van der Waals surface area (Å²) < 4.78 is 42.4. The van der Waals surface area contributed by atoms with E-state index in [1.165, 1.54) is 12.1 Å². The first-order valence-corrected chi connectivity index (χ1v) is 8.24. The summed E-state index contributed by atoms with van der Waals surface area (Å²) >= 11 is -1.39. The Morgan fingerprint density at radius 2 is 1.89 bits per heavy atom. The number of alkyl halides is 3. The van der Waals surface area contributed by atoms with Gasteiger partial charge in [0.05, 0.1) is 0 Å². The zero-order valence-corrected chi connectivity index (χ0v) is 12.5. The minimum absolute atomic E-state index is 0.336. The number of hydrogen-bond donors (Lipinski definition) is 0. The molecule has 0 unspecified atom stereocenters. The van der Waals surface area contributed by atoms with E-state index in [2.05, 4.69) is 6.58 Å². The van der Waals surface area contributed by atoms with Gasteiger partial charge < -0.3 is 0 Å². The van der Waals surface area contributed by atoms with Crippen molar-refractivity contribution < 1.29 is 21.0 Å². The van der Waals surface area contributed by atoms with Crippen molar-refractivity contribution in [1.82, 2.24) is 0 Å². The molecule has 0 fully saturated rings. The Balaban J connectivity index is 2.50. The molecule has 96 valence electrons. The summed E-state index contributed by atoms with van der Waals surface area (Å²) in [4.78, 5) is 11.1. The van der Waals surface area contributed by atoms with Crippen LogP contribution in [-0.2, 0) is 18.5 Å². The summed E-state index contributed by atoms with van der Waals surface area (Å²) in [6.45, 7) is 5.00. The molecule has 0 aromatic heterocycles. The van der Waals surface area contributed by atoms with Gasteiger partial charge in [-0.2, -0.15) is 0 Å². The first-order valence-electron chi connectivity index (χ1n) is 5.06. The fourth-order valence-corrected chi connectivity index (χ4v) is 3.31. The summed E-state index contributed by atoms with van der Waals surface area (Å²) in [6.07, 6.45) is -4.31. The van der Waals surface area contributed by atoms with Crippen LogP contribution in [0.3, 0.4) is 0 Å². The van der Waals surface area contributed by atoms with Crippen molar-refractivity contribution in [3.05, 3.63) is 47.5 Å². The SMILES string of the molecule is C=C(C)C(=O)[O][Sn][CH2]c1ccc(C(F)(F)F)cc1. The molecule has 0 N–H and O–H groups in total. The molecule has 2 nitrogen and oxygen atoms in total. The number of carbonyl (C=O) groups is 1. The second-order valence-electron chi connectivity index (χ2n) is 3.69. The van der Waals surface area contributed by atoms with Crippen LogP contribution in [0.4, 0.5) is 13.2 Å². The molecule has 6 heteroatoms. The van der Waals surface area contributed by atoms with E-state index in [0.29, 0.717) is 10.0 Å². The average Bonchev–Trinajstić information content (AvgIpc) is 2.28. The van der Waals surface area contributed by atoms with Gasteiger partial charge in [-0.3, -0.25) is 0 Å². The second-order valence-corrected chi connectivity index (χ2v) is 6.10. The number of carbonyl (C=O) groups excluding carboxylic acids is 1. The monoisotopic (exact) mass is 364 g/mol. The molecule has 2 radical (unpaired) electrons. The van der Waals surface area contributed by atoms with E-state index in [0.717, 1.165) is 17.7 Å². The fraction of sp³-hybridized carbons (Fsp3) is 0.250. The summed E-state index contributed by atoms with van der Waals surface area (Å²) in [5.74, 6) is -0.423. The maximum absolute atomic E-state index is 12.3. The quantitative estimate of drug-likeness (QED) is 0.608. The Morgan fingerprint density at radius 3 is 2.33 bits per heavy atom. The fourth-order valence-electron chi connectivity index (χ4n) is 1.08. The van der Waals surface area contributed by atoms with Gasteiger partial charge in [-0.15, -0.1) is 0 Å². The van der Waals surface area contributed by atoms with Gasteiger partial charge in [0, 0.05) is 0 Å². The van der Waals surface area contributed by atoms with Crippen molar-refractivity contribution in [2.75, 3.05) is 0 Å². The number of hydrogen-bond acceptors (Lipinski definition) is 2. The van der Waals surface area contributed by atoms with Gasteiger partial charge in [-0.1, -0.05) is 0 Å². The van der Waals surface area contributed by atoms with E-state index in [-0.39, 0.29) is 0 Å². The molecule has 0 aliphatic heterocycles. The van der Waals surface area contributed by atoms with Crippen LogP contribution in [-0.4, -0.2) is 27.5 Å². The van der Waals surface area contributed by atoms with E-state index in [1.807, 2.05) is 0 Å². The summed E-state index contributed by atoms with van der Waals surface area (Å²) in [5.41, 5.74) is 0.419. The Bertz CT molecular complexity index is 438. The van der Waals surface area contributed by atoms with Crippen LogP contribution in [0.15, 0.2) is 36.4 Å². The van der Waals surface area contributed by atoms with Crippen molar-refractivity contribution in [2.45, 2.75) is 17.5 Å². The van der Waals surface area contributed by atoms with E-state index in [4.69, 9.17) is 3.07 Å². The Kier molecular flexibility index (Phi) is 5.25. The predicted molar refractivity (Wildman–Crippen MR) is 61.8 cm³/mol. The molecular formula is C12H11F3O2Sn. The normalized spacial score (nSPS) is 11.1. The van der Waals surface area contributed by atoms with Gasteiger partial charge in [-0.25, -0.2) is 0 Å². The van der Waals surface area contributed by atoms with Crippen LogP contribution in [0.25, 0.3) is 0 Å². The van der Waals surface area contributed by atoms with Gasteiger partial charge in [0.2, 0.25) is 0 Å². The van der Waals surface area contributed by atoms with E-state index in [9.17, 15) is 18.0 Å². The second kappa shape index (κ2) is 6.26. The van der Waals surface area contributed by atoms with Crippen LogP contribution in [0, 0.1) is 0 Å². The average molecular weight is 363 g/mol. The molecule has 0 saturated heterocycles. The van der Waals surface area contributed by atoms with Crippen molar-refractivity contribution >= 4 is 27.5 Å². The third-order valence-corrected chi connectivity index (χ3v) is 4.59. The summed E-state index contributed by atoms with van der Waals surface area (Å²) in [6, 6.07) is 4.90. The molecular weight excluding hydrogens is 352 g/mol. The zero-order chi connectivity index (χ0) is 13.8. The Morgan fingerprint density at radius 1 is 1.33 bits per heavy atom. The van der Waals surface area contributed by atoms with Crippen LogP contribution in [0.2, 0.25) is 0 Å². The maximum atomic E-state index is 12.3. The molecule has 0 saturated carbocycles. The summed E-state index contributed by atoms with van der Waals surface area (Å²) in [7, 11) is 0. The molecule has 0 heterocycles. The molecule has 0 aliphatic rings. The van der Waals surface area contributed by atoms with Crippen molar-refractivity contribution in [3.8, 4) is 0 Å². The van der Waals surface area contributed by atoms with Gasteiger partial charge in [0.1, 0.15) is 0 Å². The molecule has 0 amide bonds. The first kappa shape index (κ1) is 15.1. The van der Waals surface area contributed by atoms with Crippen LogP contribution in [0.1, 0.15) is 18.1 Å². The standard InChI is InChI=1S/C8H6F3.C4H6O2.Sn/c1-6-2-4-7(5-3-6)8(9,10)11;1-3(2)4(5)6;/h2-5H,1H2;1H2,2H3,(H,5,6);/q;;+1/p-1. The molecule has 0 bridgehead atoms. The van der Waals surface area contributed by atoms with Crippen LogP contribution < -0.4 is 0 Å². The number of benzene rings is 1.